The number of hydrogen-bond acceptors (Lipinski definition) is 5. The molecule has 2 unspecified atom stereocenters. The highest BCUT2D eigenvalue weighted by Crippen LogP contribution is 2.38. The zero-order valence-electron chi connectivity index (χ0n) is 16.9. The van der Waals surface area contributed by atoms with E-state index in [4.69, 9.17) is 4.98 Å². The van der Waals surface area contributed by atoms with Crippen molar-refractivity contribution in [1.29, 1.82) is 0 Å². The van der Waals surface area contributed by atoms with Crippen LogP contribution in [0.2, 0.25) is 0 Å². The lowest BCUT2D eigenvalue weighted by molar-refractivity contribution is -0.123. The summed E-state index contributed by atoms with van der Waals surface area (Å²) in [6, 6.07) is 4.27. The number of anilines is 1. The van der Waals surface area contributed by atoms with Crippen LogP contribution >= 0.6 is 0 Å². The molecular weight excluding hydrogens is 350 g/mol. The van der Waals surface area contributed by atoms with Crippen molar-refractivity contribution in [3.05, 3.63) is 36.4 Å². The standard InChI is InChI=1S/C22H29N5O/c1-14(2)20-19(16-4-8-23-9-5-16)13-24-22(26-20)27-10-6-17(7-11-27)25-21(28)18-12-15(18)3/h4-5,8-9,13-15,17-18H,6-7,10-12H2,1-3H3,(H,25,28). The Labute approximate surface area is 166 Å². The first-order valence-corrected chi connectivity index (χ1v) is 10.4. The molecule has 1 aliphatic carbocycles. The van der Waals surface area contributed by atoms with Gasteiger partial charge in [-0.1, -0.05) is 20.8 Å². The molecule has 6 nitrogen and oxygen atoms in total. The van der Waals surface area contributed by atoms with Gasteiger partial charge < -0.3 is 10.2 Å². The van der Waals surface area contributed by atoms with E-state index in [2.05, 4.69) is 41.0 Å². The van der Waals surface area contributed by atoms with E-state index in [-0.39, 0.29) is 17.9 Å². The highest BCUT2D eigenvalue weighted by atomic mass is 16.2. The molecule has 2 aromatic rings. The number of pyridine rings is 1. The monoisotopic (exact) mass is 379 g/mol. The number of nitrogens with one attached hydrogen (secondary N) is 1. The Kier molecular flexibility index (Phi) is 5.29. The van der Waals surface area contributed by atoms with E-state index in [1.54, 1.807) is 12.4 Å². The minimum atomic E-state index is 0.242. The quantitative estimate of drug-likeness (QED) is 0.862. The number of aromatic nitrogens is 3. The Morgan fingerprint density at radius 1 is 1.21 bits per heavy atom. The van der Waals surface area contributed by atoms with Crippen LogP contribution in [0.5, 0.6) is 0 Å². The summed E-state index contributed by atoms with van der Waals surface area (Å²) in [4.78, 5) is 28.1. The summed E-state index contributed by atoms with van der Waals surface area (Å²) < 4.78 is 0. The molecule has 3 heterocycles. The predicted octanol–water partition coefficient (Wildman–Crippen LogP) is 3.40. The van der Waals surface area contributed by atoms with Crippen molar-refractivity contribution in [3.63, 3.8) is 0 Å². The van der Waals surface area contributed by atoms with Gasteiger partial charge in [0.15, 0.2) is 0 Å². The van der Waals surface area contributed by atoms with Crippen LogP contribution in [0, 0.1) is 11.8 Å². The molecule has 148 valence electrons. The van der Waals surface area contributed by atoms with Crippen LogP contribution in [-0.2, 0) is 4.79 Å². The SMILES string of the molecule is CC(C)c1nc(N2CCC(NC(=O)C3CC3C)CC2)ncc1-c1ccncc1. The highest BCUT2D eigenvalue weighted by molar-refractivity contribution is 5.81. The molecule has 0 radical (unpaired) electrons. The number of amides is 1. The Balaban J connectivity index is 1.43. The van der Waals surface area contributed by atoms with Gasteiger partial charge in [-0.15, -0.1) is 0 Å². The van der Waals surface area contributed by atoms with E-state index >= 15 is 0 Å². The molecule has 1 N–H and O–H groups in total. The molecule has 0 aromatic carbocycles. The normalized spacial score (nSPS) is 22.4. The lowest BCUT2D eigenvalue weighted by atomic mass is 10.00. The summed E-state index contributed by atoms with van der Waals surface area (Å²) in [5, 5.41) is 3.23. The van der Waals surface area contributed by atoms with E-state index in [9.17, 15) is 4.79 Å². The van der Waals surface area contributed by atoms with E-state index in [1.807, 2.05) is 18.3 Å². The van der Waals surface area contributed by atoms with Crippen molar-refractivity contribution in [2.45, 2.75) is 52.0 Å². The Morgan fingerprint density at radius 3 is 2.50 bits per heavy atom. The second-order valence-corrected chi connectivity index (χ2v) is 8.45. The number of rotatable bonds is 5. The zero-order valence-corrected chi connectivity index (χ0v) is 16.9. The van der Waals surface area contributed by atoms with Gasteiger partial charge in [-0.25, -0.2) is 9.97 Å². The average molecular weight is 380 g/mol. The summed E-state index contributed by atoms with van der Waals surface area (Å²) in [5.74, 6) is 2.15. The fourth-order valence-corrected chi connectivity index (χ4v) is 3.95. The lowest BCUT2D eigenvalue weighted by Crippen LogP contribution is -2.45. The molecule has 2 fully saturated rings. The molecule has 6 heteroatoms. The first-order chi connectivity index (χ1) is 13.5. The zero-order chi connectivity index (χ0) is 19.7. The van der Waals surface area contributed by atoms with Crippen LogP contribution in [0.3, 0.4) is 0 Å². The van der Waals surface area contributed by atoms with Crippen molar-refractivity contribution in [3.8, 4) is 11.1 Å². The maximum absolute atomic E-state index is 12.2. The smallest absolute Gasteiger partial charge is 0.225 e. The highest BCUT2D eigenvalue weighted by Gasteiger charge is 2.40. The second kappa shape index (κ2) is 7.86. The molecule has 1 amide bonds. The van der Waals surface area contributed by atoms with Crippen LogP contribution in [-0.4, -0.2) is 40.0 Å². The topological polar surface area (TPSA) is 71.0 Å². The van der Waals surface area contributed by atoms with Crippen molar-refractivity contribution < 1.29 is 4.79 Å². The summed E-state index contributed by atoms with van der Waals surface area (Å²) in [7, 11) is 0. The fraction of sp³-hybridized carbons (Fsp3) is 0.545. The van der Waals surface area contributed by atoms with E-state index in [1.165, 1.54) is 0 Å². The number of nitrogens with zero attached hydrogens (tertiary/aromatic N) is 4. The molecule has 1 aliphatic heterocycles. The van der Waals surface area contributed by atoms with E-state index in [0.29, 0.717) is 11.8 Å². The molecular formula is C22H29N5O. The van der Waals surface area contributed by atoms with Gasteiger partial charge in [0.05, 0.1) is 5.69 Å². The third kappa shape index (κ3) is 4.01. The van der Waals surface area contributed by atoms with Crippen molar-refractivity contribution in [1.82, 2.24) is 20.3 Å². The number of hydrogen-bond donors (Lipinski definition) is 1. The number of carbonyl (C=O) groups excluding carboxylic acids is 1. The molecule has 28 heavy (non-hydrogen) atoms. The van der Waals surface area contributed by atoms with E-state index in [0.717, 1.165) is 55.1 Å². The maximum atomic E-state index is 12.2. The third-order valence-corrected chi connectivity index (χ3v) is 5.91. The van der Waals surface area contributed by atoms with Crippen molar-refractivity contribution in [2.24, 2.45) is 11.8 Å². The average Bonchev–Trinajstić information content (AvgIpc) is 3.45. The third-order valence-electron chi connectivity index (χ3n) is 5.91. The Morgan fingerprint density at radius 2 is 1.89 bits per heavy atom. The van der Waals surface area contributed by atoms with Gasteiger partial charge in [0, 0.05) is 49.2 Å². The molecule has 4 rings (SSSR count). The van der Waals surface area contributed by atoms with Gasteiger partial charge in [0.25, 0.3) is 0 Å². The first-order valence-electron chi connectivity index (χ1n) is 10.4. The first kappa shape index (κ1) is 18.8. The van der Waals surface area contributed by atoms with Gasteiger partial charge in [-0.2, -0.15) is 0 Å². The van der Waals surface area contributed by atoms with Crippen LogP contribution in [0.15, 0.2) is 30.7 Å². The molecule has 0 bridgehead atoms. The fourth-order valence-electron chi connectivity index (χ4n) is 3.95. The minimum absolute atomic E-state index is 0.242. The molecule has 0 spiro atoms. The molecule has 2 atom stereocenters. The molecule has 1 saturated heterocycles. The van der Waals surface area contributed by atoms with Crippen molar-refractivity contribution >= 4 is 11.9 Å². The van der Waals surface area contributed by atoms with Gasteiger partial charge in [-0.05, 0) is 48.8 Å². The van der Waals surface area contributed by atoms with Crippen LogP contribution < -0.4 is 10.2 Å². The Hall–Kier alpha value is -2.50. The number of piperidine rings is 1. The minimum Gasteiger partial charge on any atom is -0.353 e. The predicted molar refractivity (Wildman–Crippen MR) is 110 cm³/mol. The second-order valence-electron chi connectivity index (χ2n) is 8.45. The summed E-state index contributed by atoms with van der Waals surface area (Å²) in [6.07, 6.45) is 8.47. The van der Waals surface area contributed by atoms with Crippen LogP contribution in [0.1, 0.15) is 51.6 Å². The largest absolute Gasteiger partial charge is 0.353 e. The van der Waals surface area contributed by atoms with E-state index < -0.39 is 0 Å². The summed E-state index contributed by atoms with van der Waals surface area (Å²) >= 11 is 0. The Bertz CT molecular complexity index is 830. The van der Waals surface area contributed by atoms with Gasteiger partial charge in [0.1, 0.15) is 0 Å². The van der Waals surface area contributed by atoms with Gasteiger partial charge in [0.2, 0.25) is 11.9 Å². The van der Waals surface area contributed by atoms with Crippen LogP contribution in [0.25, 0.3) is 11.1 Å². The van der Waals surface area contributed by atoms with Crippen LogP contribution in [0.4, 0.5) is 5.95 Å². The lowest BCUT2D eigenvalue weighted by Gasteiger charge is -2.33. The maximum Gasteiger partial charge on any atom is 0.225 e. The van der Waals surface area contributed by atoms with Gasteiger partial charge in [-0.3, -0.25) is 9.78 Å². The molecule has 2 aromatic heterocycles. The summed E-state index contributed by atoms with van der Waals surface area (Å²) in [6.45, 7) is 8.22. The van der Waals surface area contributed by atoms with Crippen molar-refractivity contribution in [2.75, 3.05) is 18.0 Å². The van der Waals surface area contributed by atoms with Gasteiger partial charge >= 0.3 is 0 Å². The molecule has 2 aliphatic rings. The number of carbonyl (C=O) groups is 1. The molecule has 1 saturated carbocycles. The summed E-state index contributed by atoms with van der Waals surface area (Å²) in [5.41, 5.74) is 3.23.